The van der Waals surface area contributed by atoms with Gasteiger partial charge >= 0.3 is 0 Å². The second kappa shape index (κ2) is 23.7. The van der Waals surface area contributed by atoms with Crippen molar-refractivity contribution >= 4 is 15.8 Å². The molecule has 0 rings (SSSR count). The Kier molecular flexibility index (Phi) is 30.9. The van der Waals surface area contributed by atoms with Gasteiger partial charge in [-0.2, -0.15) is 0 Å². The predicted octanol–water partition coefficient (Wildman–Crippen LogP) is 7.39. The fourth-order valence-electron chi connectivity index (χ4n) is 2.57. The van der Waals surface area contributed by atoms with Crippen molar-refractivity contribution in [1.29, 1.82) is 0 Å². The van der Waals surface area contributed by atoms with E-state index >= 15 is 0 Å². The van der Waals surface area contributed by atoms with E-state index < -0.39 is 0 Å². The summed E-state index contributed by atoms with van der Waals surface area (Å²) in [5, 5.41) is 0. The Hall–Kier alpha value is 1.48. The molecule has 0 N–H and O–H groups in total. The van der Waals surface area contributed by atoms with E-state index in [-0.39, 0.29) is 19.5 Å². The molecule has 0 aromatic heterocycles. The van der Waals surface area contributed by atoms with Crippen LogP contribution in [0.2, 0.25) is 0 Å². The van der Waals surface area contributed by atoms with Gasteiger partial charge in [-0.25, -0.2) is 0 Å². The summed E-state index contributed by atoms with van der Waals surface area (Å²) in [7, 11) is 0.878. The van der Waals surface area contributed by atoms with Crippen LogP contribution in [0.25, 0.3) is 0 Å². The molecule has 0 heterocycles. The molecule has 0 nitrogen and oxygen atoms in total. The molecule has 0 aliphatic rings. The standard InChI is InChI=1S/2C9H21P.Ru/c2*1-4-7-10(8-5-2)9-6-3;/h2*4-9H2,1-3H3;. The maximum absolute atomic E-state index is 2.31. The second-order valence-electron chi connectivity index (χ2n) is 5.68. The molecule has 0 radical (unpaired) electrons. The summed E-state index contributed by atoms with van der Waals surface area (Å²) in [6.45, 7) is 13.8. The van der Waals surface area contributed by atoms with Crippen molar-refractivity contribution in [1.82, 2.24) is 0 Å². The maximum Gasteiger partial charge on any atom is 0 e. The Labute approximate surface area is 152 Å². The monoisotopic (exact) mass is 422 g/mol. The molecule has 0 aliphatic heterocycles. The van der Waals surface area contributed by atoms with Gasteiger partial charge in [0.2, 0.25) is 0 Å². The molecule has 0 amide bonds. The number of hydrogen-bond acceptors (Lipinski definition) is 0. The van der Waals surface area contributed by atoms with Crippen molar-refractivity contribution in [2.75, 3.05) is 37.0 Å². The van der Waals surface area contributed by atoms with Crippen molar-refractivity contribution in [3.63, 3.8) is 0 Å². The Morgan fingerprint density at radius 2 is 0.524 bits per heavy atom. The Balaban J connectivity index is -0.000000295. The minimum Gasteiger partial charge on any atom is -0.107 e. The van der Waals surface area contributed by atoms with E-state index in [2.05, 4.69) is 41.5 Å². The smallest absolute Gasteiger partial charge is 0 e. The van der Waals surface area contributed by atoms with E-state index in [0.29, 0.717) is 15.8 Å². The second-order valence-corrected chi connectivity index (χ2v) is 11.0. The van der Waals surface area contributed by atoms with Gasteiger partial charge in [0.05, 0.1) is 0 Å². The molecule has 0 aliphatic carbocycles. The van der Waals surface area contributed by atoms with Gasteiger partial charge in [-0.3, -0.25) is 0 Å². The van der Waals surface area contributed by atoms with Crippen molar-refractivity contribution in [2.24, 2.45) is 0 Å². The minimum absolute atomic E-state index is 0. The summed E-state index contributed by atoms with van der Waals surface area (Å²) in [5.41, 5.74) is 0. The zero-order valence-corrected chi connectivity index (χ0v) is 19.3. The van der Waals surface area contributed by atoms with Crippen LogP contribution in [0.1, 0.15) is 80.1 Å². The first-order valence-corrected chi connectivity index (χ1v) is 12.9. The van der Waals surface area contributed by atoms with Crippen molar-refractivity contribution in [3.05, 3.63) is 0 Å². The third kappa shape index (κ3) is 21.5. The molecule has 0 saturated heterocycles. The van der Waals surface area contributed by atoms with Crippen LogP contribution < -0.4 is 0 Å². The summed E-state index contributed by atoms with van der Waals surface area (Å²) in [5.74, 6) is 0. The predicted molar refractivity (Wildman–Crippen MR) is 105 cm³/mol. The fourth-order valence-corrected chi connectivity index (χ4v) is 7.70. The van der Waals surface area contributed by atoms with E-state index in [9.17, 15) is 0 Å². The fraction of sp³-hybridized carbons (Fsp3) is 1.00. The van der Waals surface area contributed by atoms with Crippen LogP contribution >= 0.6 is 15.8 Å². The zero-order valence-electron chi connectivity index (χ0n) is 15.7. The molecule has 0 aromatic carbocycles. The quantitative estimate of drug-likeness (QED) is 0.228. The molecule has 132 valence electrons. The van der Waals surface area contributed by atoms with Crippen LogP contribution in [0.3, 0.4) is 0 Å². The summed E-state index contributed by atoms with van der Waals surface area (Å²) in [6, 6.07) is 0. The minimum atomic E-state index is 0. The molecule has 3 heteroatoms. The van der Waals surface area contributed by atoms with Crippen LogP contribution in [0.15, 0.2) is 0 Å². The molecule has 0 bridgehead atoms. The van der Waals surface area contributed by atoms with Crippen LogP contribution in [-0.4, -0.2) is 37.0 Å². The van der Waals surface area contributed by atoms with E-state index in [1.54, 1.807) is 0 Å². The Bertz CT molecular complexity index is 119. The third-order valence-corrected chi connectivity index (χ3v) is 9.72. The molecule has 0 unspecified atom stereocenters. The first-order valence-electron chi connectivity index (χ1n) is 9.14. The first-order chi connectivity index (χ1) is 9.69. The average molecular weight is 422 g/mol. The molecule has 21 heavy (non-hydrogen) atoms. The molecule has 0 spiro atoms. The zero-order chi connectivity index (χ0) is 15.6. The van der Waals surface area contributed by atoms with Gasteiger partial charge in [0, 0.05) is 19.5 Å². The van der Waals surface area contributed by atoms with E-state index in [1.807, 2.05) is 0 Å². The van der Waals surface area contributed by atoms with Gasteiger partial charge in [0.25, 0.3) is 0 Å². The molecular formula is C18H42P2Ru. The summed E-state index contributed by atoms with van der Waals surface area (Å²) >= 11 is 0. The molecule has 0 saturated carbocycles. The summed E-state index contributed by atoms with van der Waals surface area (Å²) in [6.07, 6.45) is 17.4. The maximum atomic E-state index is 2.31. The molecule has 0 atom stereocenters. The van der Waals surface area contributed by atoms with Crippen LogP contribution in [0, 0.1) is 0 Å². The average Bonchev–Trinajstić information content (AvgIpc) is 2.41. The van der Waals surface area contributed by atoms with Crippen molar-refractivity contribution in [3.8, 4) is 0 Å². The largest absolute Gasteiger partial charge is 0.107 e. The van der Waals surface area contributed by atoms with Crippen LogP contribution in [-0.2, 0) is 19.5 Å². The topological polar surface area (TPSA) is 0 Å². The Morgan fingerprint density at radius 3 is 0.619 bits per heavy atom. The van der Waals surface area contributed by atoms with Gasteiger partial charge in [-0.15, -0.1) is 15.8 Å². The summed E-state index contributed by atoms with van der Waals surface area (Å²) in [4.78, 5) is 0. The first kappa shape index (κ1) is 27.3. The van der Waals surface area contributed by atoms with Gasteiger partial charge in [0.15, 0.2) is 0 Å². The molecular weight excluding hydrogens is 379 g/mol. The van der Waals surface area contributed by atoms with Gasteiger partial charge in [0.1, 0.15) is 0 Å². The van der Waals surface area contributed by atoms with E-state index in [1.165, 1.54) is 75.5 Å². The van der Waals surface area contributed by atoms with Gasteiger partial charge in [-0.1, -0.05) is 80.1 Å². The molecule has 0 aromatic rings. The molecule has 0 fully saturated rings. The van der Waals surface area contributed by atoms with E-state index in [0.717, 1.165) is 0 Å². The van der Waals surface area contributed by atoms with Crippen molar-refractivity contribution < 1.29 is 19.5 Å². The van der Waals surface area contributed by atoms with Crippen LogP contribution in [0.4, 0.5) is 0 Å². The summed E-state index contributed by atoms with van der Waals surface area (Å²) < 4.78 is 0. The van der Waals surface area contributed by atoms with Gasteiger partial charge in [-0.05, 0) is 37.0 Å². The van der Waals surface area contributed by atoms with E-state index in [4.69, 9.17) is 0 Å². The van der Waals surface area contributed by atoms with Gasteiger partial charge < -0.3 is 0 Å². The third-order valence-electron chi connectivity index (χ3n) is 3.24. The SMILES string of the molecule is CCCP(CCC)CCC.CCCP(CCC)CCC.[Ru]. The van der Waals surface area contributed by atoms with Crippen LogP contribution in [0.5, 0.6) is 0 Å². The number of hydrogen-bond donors (Lipinski definition) is 0. The Morgan fingerprint density at radius 1 is 0.381 bits per heavy atom. The van der Waals surface area contributed by atoms with Crippen molar-refractivity contribution in [2.45, 2.75) is 80.1 Å². The normalized spacial score (nSPS) is 10.3. The number of rotatable bonds is 12.